The van der Waals surface area contributed by atoms with E-state index in [-0.39, 0.29) is 17.7 Å². The van der Waals surface area contributed by atoms with Gasteiger partial charge < -0.3 is 10.7 Å². The number of nitrogens with one attached hydrogen (secondary N) is 2. The molecule has 0 bridgehead atoms. The number of aromatic nitrogens is 1. The third-order valence-electron chi connectivity index (χ3n) is 2.69. The Morgan fingerprint density at radius 1 is 1.32 bits per heavy atom. The summed E-state index contributed by atoms with van der Waals surface area (Å²) in [6, 6.07) is 1.92. The number of nitrogens with two attached hydrogens (primary N) is 1. The Balaban J connectivity index is 2.88. The normalized spacial score (nSPS) is 13.2. The second kappa shape index (κ2) is 6.60. The topological polar surface area (TPSA) is 63.0 Å². The van der Waals surface area contributed by atoms with Gasteiger partial charge in [-0.25, -0.2) is 10.8 Å². The van der Waals surface area contributed by atoms with Crippen LogP contribution in [0.2, 0.25) is 0 Å². The van der Waals surface area contributed by atoms with E-state index in [4.69, 9.17) is 5.84 Å². The molecule has 0 radical (unpaired) electrons. The van der Waals surface area contributed by atoms with E-state index in [2.05, 4.69) is 22.7 Å². The molecular weight excluding hydrogens is 257 g/mol. The number of hydrogen-bond donors (Lipinski definition) is 3. The Morgan fingerprint density at radius 3 is 2.47 bits per heavy atom. The van der Waals surface area contributed by atoms with Crippen LogP contribution in [0.4, 0.5) is 24.8 Å². The molecular formula is C12H19F3N4. The summed E-state index contributed by atoms with van der Waals surface area (Å²) in [6.45, 7) is 3.97. The van der Waals surface area contributed by atoms with E-state index in [1.807, 2.05) is 6.92 Å². The van der Waals surface area contributed by atoms with Crippen molar-refractivity contribution in [1.82, 2.24) is 4.98 Å². The molecule has 1 unspecified atom stereocenters. The van der Waals surface area contributed by atoms with Crippen molar-refractivity contribution in [2.45, 2.75) is 45.3 Å². The van der Waals surface area contributed by atoms with Crippen molar-refractivity contribution >= 4 is 11.6 Å². The zero-order chi connectivity index (χ0) is 14.5. The highest BCUT2D eigenvalue weighted by atomic mass is 19.4. The maximum absolute atomic E-state index is 12.7. The largest absolute Gasteiger partial charge is 0.416 e. The first kappa shape index (κ1) is 15.6. The van der Waals surface area contributed by atoms with Gasteiger partial charge in [-0.15, -0.1) is 0 Å². The molecule has 4 N–H and O–H groups in total. The second-order valence-electron chi connectivity index (χ2n) is 4.46. The van der Waals surface area contributed by atoms with Gasteiger partial charge in [0.2, 0.25) is 0 Å². The summed E-state index contributed by atoms with van der Waals surface area (Å²) in [5.41, 5.74) is 1.37. The predicted molar refractivity (Wildman–Crippen MR) is 69.7 cm³/mol. The number of rotatable bonds is 6. The van der Waals surface area contributed by atoms with Crippen molar-refractivity contribution in [3.05, 3.63) is 17.7 Å². The van der Waals surface area contributed by atoms with Gasteiger partial charge in [-0.2, -0.15) is 13.2 Å². The first-order chi connectivity index (χ1) is 8.86. The summed E-state index contributed by atoms with van der Waals surface area (Å²) in [5, 5.41) is 2.96. The van der Waals surface area contributed by atoms with Crippen LogP contribution in [0, 0.1) is 0 Å². The lowest BCUT2D eigenvalue weighted by Crippen LogP contribution is -2.18. The molecule has 108 valence electrons. The number of nitrogen functional groups attached to an aromatic ring is 1. The molecule has 0 spiro atoms. The van der Waals surface area contributed by atoms with Gasteiger partial charge in [-0.3, -0.25) is 0 Å². The van der Waals surface area contributed by atoms with Gasteiger partial charge in [-0.1, -0.05) is 19.8 Å². The molecule has 7 heteroatoms. The van der Waals surface area contributed by atoms with E-state index >= 15 is 0 Å². The lowest BCUT2D eigenvalue weighted by molar-refractivity contribution is -0.137. The number of pyridine rings is 1. The fourth-order valence-corrected chi connectivity index (χ4v) is 1.68. The van der Waals surface area contributed by atoms with Crippen molar-refractivity contribution in [1.29, 1.82) is 0 Å². The van der Waals surface area contributed by atoms with Crippen LogP contribution >= 0.6 is 0 Å². The summed E-state index contributed by atoms with van der Waals surface area (Å²) < 4.78 is 38.1. The van der Waals surface area contributed by atoms with Crippen molar-refractivity contribution < 1.29 is 13.2 Å². The van der Waals surface area contributed by atoms with Gasteiger partial charge in [0.25, 0.3) is 0 Å². The molecule has 1 heterocycles. The van der Waals surface area contributed by atoms with Crippen molar-refractivity contribution in [3.8, 4) is 0 Å². The van der Waals surface area contributed by atoms with E-state index in [0.29, 0.717) is 0 Å². The minimum atomic E-state index is -4.42. The lowest BCUT2D eigenvalue weighted by atomic mass is 10.1. The summed E-state index contributed by atoms with van der Waals surface area (Å²) >= 11 is 0. The molecule has 19 heavy (non-hydrogen) atoms. The quantitative estimate of drug-likeness (QED) is 0.550. The minimum absolute atomic E-state index is 0.0139. The fraction of sp³-hybridized carbons (Fsp3) is 0.583. The van der Waals surface area contributed by atoms with Crippen molar-refractivity contribution in [2.24, 2.45) is 5.84 Å². The Bertz CT molecular complexity index is 406. The molecule has 4 nitrogen and oxygen atoms in total. The van der Waals surface area contributed by atoms with Crippen LogP contribution in [0.25, 0.3) is 0 Å². The van der Waals surface area contributed by atoms with Crippen LogP contribution < -0.4 is 16.6 Å². The smallest absolute Gasteiger partial charge is 0.368 e. The van der Waals surface area contributed by atoms with Crippen LogP contribution in [0.5, 0.6) is 0 Å². The zero-order valence-electron chi connectivity index (χ0n) is 11.0. The van der Waals surface area contributed by atoms with Gasteiger partial charge in [0.1, 0.15) is 11.6 Å². The van der Waals surface area contributed by atoms with Crippen molar-refractivity contribution in [2.75, 3.05) is 10.7 Å². The summed E-state index contributed by atoms with van der Waals surface area (Å²) in [5.74, 6) is 5.29. The highest BCUT2D eigenvalue weighted by Crippen LogP contribution is 2.32. The Labute approximate surface area is 110 Å². The van der Waals surface area contributed by atoms with Crippen molar-refractivity contribution in [3.63, 3.8) is 0 Å². The van der Waals surface area contributed by atoms with Gasteiger partial charge in [-0.05, 0) is 25.5 Å². The molecule has 1 aromatic rings. The SMILES string of the molecule is CCCCC(C)Nc1cc(C(F)(F)F)cc(NN)n1. The van der Waals surface area contributed by atoms with E-state index in [9.17, 15) is 13.2 Å². The molecule has 0 amide bonds. The minimum Gasteiger partial charge on any atom is -0.368 e. The van der Waals surface area contributed by atoms with E-state index in [1.54, 1.807) is 0 Å². The highest BCUT2D eigenvalue weighted by Gasteiger charge is 2.31. The lowest BCUT2D eigenvalue weighted by Gasteiger charge is -2.16. The molecule has 0 aliphatic rings. The first-order valence-corrected chi connectivity index (χ1v) is 6.19. The Kier molecular flexibility index (Phi) is 5.41. The predicted octanol–water partition coefficient (Wildman–Crippen LogP) is 3.38. The second-order valence-corrected chi connectivity index (χ2v) is 4.46. The Morgan fingerprint density at radius 2 is 1.95 bits per heavy atom. The molecule has 1 atom stereocenters. The van der Waals surface area contributed by atoms with Crippen LogP contribution in [-0.2, 0) is 6.18 Å². The van der Waals surface area contributed by atoms with Crippen LogP contribution in [0.1, 0.15) is 38.7 Å². The van der Waals surface area contributed by atoms with E-state index in [1.165, 1.54) is 0 Å². The number of anilines is 2. The molecule has 0 aliphatic carbocycles. The number of hydrogen-bond acceptors (Lipinski definition) is 4. The summed E-state index contributed by atoms with van der Waals surface area (Å²) in [6.07, 6.45) is -1.50. The number of nitrogens with zero attached hydrogens (tertiary/aromatic N) is 1. The maximum atomic E-state index is 12.7. The van der Waals surface area contributed by atoms with E-state index < -0.39 is 11.7 Å². The third kappa shape index (κ3) is 4.94. The number of alkyl halides is 3. The van der Waals surface area contributed by atoms with Gasteiger partial charge in [0.05, 0.1) is 5.56 Å². The summed E-state index contributed by atoms with van der Waals surface area (Å²) in [4.78, 5) is 3.97. The van der Waals surface area contributed by atoms with E-state index in [0.717, 1.165) is 31.4 Å². The van der Waals surface area contributed by atoms with Crippen LogP contribution in [0.15, 0.2) is 12.1 Å². The summed E-state index contributed by atoms with van der Waals surface area (Å²) in [7, 11) is 0. The molecule has 0 fully saturated rings. The number of unbranched alkanes of at least 4 members (excludes halogenated alkanes) is 1. The third-order valence-corrected chi connectivity index (χ3v) is 2.69. The molecule has 1 aromatic heterocycles. The standard InChI is InChI=1S/C12H19F3N4/c1-3-4-5-8(2)17-10-6-9(12(13,14)15)7-11(18-10)19-16/h6-8H,3-5,16H2,1-2H3,(H2,17,18,19). The molecule has 0 saturated carbocycles. The highest BCUT2D eigenvalue weighted by molar-refractivity contribution is 5.49. The number of halogens is 3. The Hall–Kier alpha value is -1.50. The fourth-order valence-electron chi connectivity index (χ4n) is 1.68. The average Bonchev–Trinajstić information content (AvgIpc) is 2.34. The van der Waals surface area contributed by atoms with Gasteiger partial charge in [0.15, 0.2) is 0 Å². The number of hydrazine groups is 1. The molecule has 0 saturated heterocycles. The molecule has 1 rings (SSSR count). The van der Waals surface area contributed by atoms with Crippen LogP contribution in [0.3, 0.4) is 0 Å². The van der Waals surface area contributed by atoms with Gasteiger partial charge in [0, 0.05) is 6.04 Å². The molecule has 0 aliphatic heterocycles. The van der Waals surface area contributed by atoms with Gasteiger partial charge >= 0.3 is 6.18 Å². The maximum Gasteiger partial charge on any atom is 0.416 e. The zero-order valence-corrected chi connectivity index (χ0v) is 11.0. The monoisotopic (exact) mass is 276 g/mol. The molecule has 0 aromatic carbocycles. The first-order valence-electron chi connectivity index (χ1n) is 6.19. The van der Waals surface area contributed by atoms with Crippen LogP contribution in [-0.4, -0.2) is 11.0 Å². The average molecular weight is 276 g/mol.